The van der Waals surface area contributed by atoms with Gasteiger partial charge in [0, 0.05) is 22.8 Å². The fraction of sp³-hybridized carbons (Fsp3) is 0.316. The minimum Gasteiger partial charge on any atom is -0.326 e. The van der Waals surface area contributed by atoms with E-state index < -0.39 is 0 Å². The van der Waals surface area contributed by atoms with E-state index in [0.717, 1.165) is 17.9 Å². The maximum absolute atomic E-state index is 12.0. The van der Waals surface area contributed by atoms with Crippen LogP contribution in [-0.2, 0) is 4.79 Å². The molecule has 2 aromatic rings. The number of amides is 1. The molecule has 1 atom stereocenters. The summed E-state index contributed by atoms with van der Waals surface area (Å²) >= 11 is 1.71. The second-order valence-electron chi connectivity index (χ2n) is 5.39. The maximum Gasteiger partial charge on any atom is 0.225 e. The van der Waals surface area contributed by atoms with Crippen molar-refractivity contribution in [3.63, 3.8) is 0 Å². The lowest BCUT2D eigenvalue weighted by atomic mass is 9.99. The van der Waals surface area contributed by atoms with Gasteiger partial charge in [-0.25, -0.2) is 0 Å². The van der Waals surface area contributed by atoms with E-state index >= 15 is 0 Å². The molecule has 0 radical (unpaired) electrons. The lowest BCUT2D eigenvalue weighted by Crippen LogP contribution is -2.12. The molecule has 0 fully saturated rings. The van der Waals surface area contributed by atoms with E-state index in [-0.39, 0.29) is 5.91 Å². The molecular formula is C19H23NOS. The number of carbonyl (C=O) groups excluding carboxylic acids is 1. The smallest absolute Gasteiger partial charge is 0.225 e. The Bertz CT molecular complexity index is 580. The van der Waals surface area contributed by atoms with Gasteiger partial charge in [-0.1, -0.05) is 44.2 Å². The van der Waals surface area contributed by atoms with E-state index in [0.29, 0.717) is 12.3 Å². The van der Waals surface area contributed by atoms with E-state index in [1.54, 1.807) is 11.8 Å². The van der Waals surface area contributed by atoms with Crippen LogP contribution in [0.25, 0.3) is 0 Å². The van der Waals surface area contributed by atoms with Crippen LogP contribution in [0.4, 0.5) is 5.69 Å². The third-order valence-corrected chi connectivity index (χ3v) is 4.73. The van der Waals surface area contributed by atoms with Crippen molar-refractivity contribution in [1.82, 2.24) is 0 Å². The highest BCUT2D eigenvalue weighted by molar-refractivity contribution is 7.99. The second kappa shape index (κ2) is 8.64. The first-order valence-corrected chi connectivity index (χ1v) is 8.75. The SMILES string of the molecule is CCC(C)c1ccc(NC(=O)CCSc2ccccc2)cc1. The van der Waals surface area contributed by atoms with E-state index in [4.69, 9.17) is 0 Å². The summed E-state index contributed by atoms with van der Waals surface area (Å²) in [6, 6.07) is 18.3. The summed E-state index contributed by atoms with van der Waals surface area (Å²) in [6.07, 6.45) is 1.65. The molecule has 2 nitrogen and oxygen atoms in total. The van der Waals surface area contributed by atoms with Crippen LogP contribution < -0.4 is 5.32 Å². The highest BCUT2D eigenvalue weighted by atomic mass is 32.2. The predicted octanol–water partition coefficient (Wildman–Crippen LogP) is 5.32. The summed E-state index contributed by atoms with van der Waals surface area (Å²) in [5.41, 5.74) is 2.20. The Balaban J connectivity index is 1.77. The number of carbonyl (C=O) groups is 1. The highest BCUT2D eigenvalue weighted by Crippen LogP contribution is 2.21. The van der Waals surface area contributed by atoms with Crippen molar-refractivity contribution in [2.75, 3.05) is 11.1 Å². The molecule has 0 aliphatic rings. The maximum atomic E-state index is 12.0. The molecular weight excluding hydrogens is 290 g/mol. The van der Waals surface area contributed by atoms with Crippen LogP contribution in [-0.4, -0.2) is 11.7 Å². The van der Waals surface area contributed by atoms with Crippen LogP contribution in [0.3, 0.4) is 0 Å². The van der Waals surface area contributed by atoms with Gasteiger partial charge in [0.25, 0.3) is 0 Å². The van der Waals surface area contributed by atoms with E-state index in [9.17, 15) is 4.79 Å². The van der Waals surface area contributed by atoms with Gasteiger partial charge < -0.3 is 5.32 Å². The lowest BCUT2D eigenvalue weighted by Gasteiger charge is -2.10. The largest absolute Gasteiger partial charge is 0.326 e. The average molecular weight is 313 g/mol. The van der Waals surface area contributed by atoms with Crippen molar-refractivity contribution in [2.45, 2.75) is 37.5 Å². The molecule has 0 aliphatic carbocycles. The molecule has 1 amide bonds. The molecule has 0 aliphatic heterocycles. The standard InChI is InChI=1S/C19H23NOS/c1-3-15(2)16-9-11-17(12-10-16)20-19(21)13-14-22-18-7-5-4-6-8-18/h4-12,15H,3,13-14H2,1-2H3,(H,20,21). The molecule has 0 saturated carbocycles. The lowest BCUT2D eigenvalue weighted by molar-refractivity contribution is -0.115. The minimum atomic E-state index is 0.0692. The number of hydrogen-bond acceptors (Lipinski definition) is 2. The molecule has 22 heavy (non-hydrogen) atoms. The van der Waals surface area contributed by atoms with Crippen LogP contribution in [0.5, 0.6) is 0 Å². The number of thioether (sulfide) groups is 1. The zero-order valence-corrected chi connectivity index (χ0v) is 14.0. The predicted molar refractivity (Wildman–Crippen MR) is 95.6 cm³/mol. The van der Waals surface area contributed by atoms with Crippen molar-refractivity contribution in [1.29, 1.82) is 0 Å². The average Bonchev–Trinajstić information content (AvgIpc) is 2.56. The van der Waals surface area contributed by atoms with Crippen LogP contribution in [0.2, 0.25) is 0 Å². The van der Waals surface area contributed by atoms with Gasteiger partial charge in [0.1, 0.15) is 0 Å². The second-order valence-corrected chi connectivity index (χ2v) is 6.56. The van der Waals surface area contributed by atoms with Gasteiger partial charge in [0.15, 0.2) is 0 Å². The van der Waals surface area contributed by atoms with Crippen molar-refractivity contribution < 1.29 is 4.79 Å². The van der Waals surface area contributed by atoms with Gasteiger partial charge >= 0.3 is 0 Å². The first-order chi connectivity index (χ1) is 10.7. The molecule has 0 bridgehead atoms. The minimum absolute atomic E-state index is 0.0692. The van der Waals surface area contributed by atoms with E-state index in [1.165, 1.54) is 10.5 Å². The Hall–Kier alpha value is -1.74. The number of hydrogen-bond donors (Lipinski definition) is 1. The molecule has 2 aromatic carbocycles. The van der Waals surface area contributed by atoms with Gasteiger partial charge in [0.2, 0.25) is 5.91 Å². The normalized spacial score (nSPS) is 11.9. The van der Waals surface area contributed by atoms with Crippen molar-refractivity contribution in [3.8, 4) is 0 Å². The van der Waals surface area contributed by atoms with Gasteiger partial charge in [-0.2, -0.15) is 0 Å². The Morgan fingerprint density at radius 2 is 1.77 bits per heavy atom. The monoisotopic (exact) mass is 313 g/mol. The van der Waals surface area contributed by atoms with Crippen molar-refractivity contribution in [2.24, 2.45) is 0 Å². The molecule has 0 aromatic heterocycles. The summed E-state index contributed by atoms with van der Waals surface area (Å²) in [4.78, 5) is 13.2. The first kappa shape index (κ1) is 16.6. The first-order valence-electron chi connectivity index (χ1n) is 7.76. The number of benzene rings is 2. The molecule has 1 unspecified atom stereocenters. The summed E-state index contributed by atoms with van der Waals surface area (Å²) in [6.45, 7) is 4.40. The Labute approximate surface area is 137 Å². The van der Waals surface area contributed by atoms with Gasteiger partial charge in [0.05, 0.1) is 0 Å². The van der Waals surface area contributed by atoms with E-state index in [2.05, 4.69) is 43.4 Å². The molecule has 0 heterocycles. The zero-order chi connectivity index (χ0) is 15.8. The molecule has 116 valence electrons. The van der Waals surface area contributed by atoms with Gasteiger partial charge in [-0.3, -0.25) is 4.79 Å². The summed E-state index contributed by atoms with van der Waals surface area (Å²) in [5, 5.41) is 2.96. The summed E-state index contributed by atoms with van der Waals surface area (Å²) < 4.78 is 0. The van der Waals surface area contributed by atoms with E-state index in [1.807, 2.05) is 30.3 Å². The molecule has 3 heteroatoms. The Morgan fingerprint density at radius 3 is 2.41 bits per heavy atom. The number of rotatable bonds is 7. The molecule has 0 spiro atoms. The highest BCUT2D eigenvalue weighted by Gasteiger charge is 2.05. The Morgan fingerprint density at radius 1 is 1.09 bits per heavy atom. The third kappa shape index (κ3) is 5.23. The van der Waals surface area contributed by atoms with Crippen molar-refractivity contribution >= 4 is 23.4 Å². The number of anilines is 1. The fourth-order valence-corrected chi connectivity index (χ4v) is 3.01. The van der Waals surface area contributed by atoms with Gasteiger partial charge in [-0.15, -0.1) is 11.8 Å². The third-order valence-electron chi connectivity index (χ3n) is 3.72. The molecule has 1 N–H and O–H groups in total. The zero-order valence-electron chi connectivity index (χ0n) is 13.2. The topological polar surface area (TPSA) is 29.1 Å². The molecule has 2 rings (SSSR count). The molecule has 0 saturated heterocycles. The number of nitrogens with one attached hydrogen (secondary N) is 1. The van der Waals surface area contributed by atoms with Crippen LogP contribution in [0.15, 0.2) is 59.5 Å². The summed E-state index contributed by atoms with van der Waals surface area (Å²) in [5.74, 6) is 1.42. The van der Waals surface area contributed by atoms with Crippen LogP contribution in [0.1, 0.15) is 38.2 Å². The van der Waals surface area contributed by atoms with Crippen molar-refractivity contribution in [3.05, 3.63) is 60.2 Å². The van der Waals surface area contributed by atoms with Gasteiger partial charge in [-0.05, 0) is 42.2 Å². The van der Waals surface area contributed by atoms with Crippen LogP contribution >= 0.6 is 11.8 Å². The summed E-state index contributed by atoms with van der Waals surface area (Å²) in [7, 11) is 0. The fourth-order valence-electron chi connectivity index (χ4n) is 2.13. The quantitative estimate of drug-likeness (QED) is 0.701. The van der Waals surface area contributed by atoms with Crippen LogP contribution in [0, 0.1) is 0 Å². The Kier molecular flexibility index (Phi) is 6.53.